The highest BCUT2D eigenvalue weighted by Crippen LogP contribution is 2.22. The molecule has 0 aromatic rings. The first-order chi connectivity index (χ1) is 6.88. The van der Waals surface area contributed by atoms with Crippen molar-refractivity contribution in [1.29, 1.82) is 5.26 Å². The zero-order chi connectivity index (χ0) is 10.2. The zero-order valence-corrected chi connectivity index (χ0v) is 8.84. The van der Waals surface area contributed by atoms with Gasteiger partial charge in [-0.1, -0.05) is 25.2 Å². The van der Waals surface area contributed by atoms with Gasteiger partial charge in [-0.2, -0.15) is 5.26 Å². The molecular weight excluding hydrogens is 172 g/mol. The van der Waals surface area contributed by atoms with Crippen LogP contribution in [0.25, 0.3) is 0 Å². The summed E-state index contributed by atoms with van der Waals surface area (Å²) in [7, 11) is 0. The van der Waals surface area contributed by atoms with Crippen LogP contribution in [0.1, 0.15) is 39.0 Å². The molecule has 2 atom stereocenters. The quantitative estimate of drug-likeness (QED) is 0.534. The van der Waals surface area contributed by atoms with Crippen LogP contribution in [-0.2, 0) is 0 Å². The van der Waals surface area contributed by atoms with Crippen molar-refractivity contribution in [1.82, 2.24) is 5.32 Å². The number of hydrogen-bond acceptors (Lipinski definition) is 2. The van der Waals surface area contributed by atoms with E-state index in [9.17, 15) is 0 Å². The summed E-state index contributed by atoms with van der Waals surface area (Å²) >= 11 is 0. The lowest BCUT2D eigenvalue weighted by atomic mass is 9.96. The molecule has 0 amide bonds. The number of nitrogens with zero attached hydrogens (tertiary/aromatic N) is 1. The predicted molar refractivity (Wildman–Crippen MR) is 57.4 cm³/mol. The summed E-state index contributed by atoms with van der Waals surface area (Å²) in [5.41, 5.74) is 0. The molecule has 2 nitrogen and oxygen atoms in total. The van der Waals surface area contributed by atoms with Crippen molar-refractivity contribution in [2.24, 2.45) is 5.92 Å². The Morgan fingerprint density at radius 2 is 2.07 bits per heavy atom. The number of rotatable bonds is 2. The summed E-state index contributed by atoms with van der Waals surface area (Å²) in [6, 6.07) is 2.77. The second-order valence-electron chi connectivity index (χ2n) is 3.79. The van der Waals surface area contributed by atoms with E-state index in [0.717, 1.165) is 19.4 Å². The van der Waals surface area contributed by atoms with E-state index >= 15 is 0 Å². The first kappa shape index (κ1) is 11.1. The Balaban J connectivity index is 2.43. The third-order valence-electron chi connectivity index (χ3n) is 2.81. The van der Waals surface area contributed by atoms with E-state index < -0.39 is 0 Å². The number of nitriles is 1. The molecule has 0 spiro atoms. The lowest BCUT2D eigenvalue weighted by Crippen LogP contribution is -2.35. The molecule has 1 N–H and O–H groups in total. The minimum absolute atomic E-state index is 0.191. The van der Waals surface area contributed by atoms with E-state index in [-0.39, 0.29) is 5.92 Å². The smallest absolute Gasteiger partial charge is 0.0672 e. The monoisotopic (exact) mass is 190 g/mol. The molecule has 0 radical (unpaired) electrons. The molecule has 0 aromatic heterocycles. The first-order valence-corrected chi connectivity index (χ1v) is 5.41. The molecule has 1 aliphatic carbocycles. The van der Waals surface area contributed by atoms with Gasteiger partial charge in [-0.3, -0.25) is 0 Å². The molecule has 1 aliphatic rings. The fourth-order valence-corrected chi connectivity index (χ4v) is 1.98. The highest BCUT2D eigenvalue weighted by Gasteiger charge is 2.22. The van der Waals surface area contributed by atoms with Crippen LogP contribution in [-0.4, -0.2) is 12.6 Å². The maximum Gasteiger partial charge on any atom is 0.0672 e. The summed E-state index contributed by atoms with van der Waals surface area (Å²) in [5, 5.41) is 12.4. The minimum Gasteiger partial charge on any atom is -0.302 e. The van der Waals surface area contributed by atoms with Gasteiger partial charge >= 0.3 is 0 Å². The van der Waals surface area contributed by atoms with Crippen LogP contribution in [0.4, 0.5) is 0 Å². The molecule has 14 heavy (non-hydrogen) atoms. The fraction of sp³-hybridized carbons (Fsp3) is 0.750. The van der Waals surface area contributed by atoms with Crippen molar-refractivity contribution in [3.63, 3.8) is 0 Å². The zero-order valence-electron chi connectivity index (χ0n) is 8.84. The summed E-state index contributed by atoms with van der Waals surface area (Å²) in [4.78, 5) is 0. The fourth-order valence-electron chi connectivity index (χ4n) is 1.98. The van der Waals surface area contributed by atoms with Gasteiger partial charge in [0.05, 0.1) is 18.5 Å². The molecule has 0 aromatic carbocycles. The Bertz CT molecular complexity index is 254. The highest BCUT2D eigenvalue weighted by molar-refractivity contribution is 5.00. The average molecular weight is 190 g/mol. The van der Waals surface area contributed by atoms with E-state index in [2.05, 4.69) is 23.2 Å². The van der Waals surface area contributed by atoms with Crippen molar-refractivity contribution in [2.45, 2.75) is 45.1 Å². The maximum atomic E-state index is 9.02. The van der Waals surface area contributed by atoms with Crippen molar-refractivity contribution < 1.29 is 0 Å². The van der Waals surface area contributed by atoms with Crippen LogP contribution in [0.5, 0.6) is 0 Å². The summed E-state index contributed by atoms with van der Waals surface area (Å²) < 4.78 is 0. The first-order valence-electron chi connectivity index (χ1n) is 5.41. The summed E-state index contributed by atoms with van der Waals surface area (Å²) in [6.07, 6.45) is 5.90. The van der Waals surface area contributed by atoms with Crippen LogP contribution in [0.3, 0.4) is 0 Å². The van der Waals surface area contributed by atoms with Gasteiger partial charge in [0.15, 0.2) is 0 Å². The average Bonchev–Trinajstić information content (AvgIpc) is 2.43. The van der Waals surface area contributed by atoms with Crippen LogP contribution < -0.4 is 5.32 Å². The summed E-state index contributed by atoms with van der Waals surface area (Å²) in [6.45, 7) is 2.57. The Morgan fingerprint density at radius 3 is 2.79 bits per heavy atom. The van der Waals surface area contributed by atoms with Gasteiger partial charge in [0.2, 0.25) is 0 Å². The van der Waals surface area contributed by atoms with E-state index in [0.29, 0.717) is 6.04 Å². The molecule has 1 fully saturated rings. The molecule has 0 heterocycles. The van der Waals surface area contributed by atoms with E-state index in [1.54, 1.807) is 0 Å². The van der Waals surface area contributed by atoms with Crippen molar-refractivity contribution in [2.75, 3.05) is 6.54 Å². The normalized spacial score (nSPS) is 26.9. The van der Waals surface area contributed by atoms with Gasteiger partial charge in [-0.25, -0.2) is 0 Å². The molecule has 76 valence electrons. The lowest BCUT2D eigenvalue weighted by Gasteiger charge is -2.19. The van der Waals surface area contributed by atoms with Crippen molar-refractivity contribution in [3.8, 4) is 17.9 Å². The van der Waals surface area contributed by atoms with Gasteiger partial charge in [-0.05, 0) is 19.8 Å². The molecule has 0 saturated heterocycles. The van der Waals surface area contributed by atoms with E-state index in [4.69, 9.17) is 5.26 Å². The molecule has 1 saturated carbocycles. The highest BCUT2D eigenvalue weighted by atomic mass is 14.9. The topological polar surface area (TPSA) is 35.8 Å². The van der Waals surface area contributed by atoms with E-state index in [1.165, 1.54) is 19.3 Å². The predicted octanol–water partition coefficient (Wildman–Crippen LogP) is 2.07. The second-order valence-corrected chi connectivity index (χ2v) is 3.79. The SMILES string of the molecule is CC#CCNC1CCCCCC1C#N. The Kier molecular flexibility index (Phi) is 5.12. The van der Waals surface area contributed by atoms with Gasteiger partial charge in [0.1, 0.15) is 0 Å². The van der Waals surface area contributed by atoms with Crippen LogP contribution in [0.15, 0.2) is 0 Å². The Morgan fingerprint density at radius 1 is 1.29 bits per heavy atom. The van der Waals surface area contributed by atoms with Crippen molar-refractivity contribution in [3.05, 3.63) is 0 Å². The maximum absolute atomic E-state index is 9.02. The molecule has 0 bridgehead atoms. The van der Waals surface area contributed by atoms with Gasteiger partial charge < -0.3 is 5.32 Å². The second kappa shape index (κ2) is 6.46. The number of hydrogen-bond donors (Lipinski definition) is 1. The van der Waals surface area contributed by atoms with E-state index in [1.807, 2.05) is 6.92 Å². The van der Waals surface area contributed by atoms with Crippen LogP contribution in [0.2, 0.25) is 0 Å². The largest absolute Gasteiger partial charge is 0.302 e. The third-order valence-corrected chi connectivity index (χ3v) is 2.81. The van der Waals surface area contributed by atoms with Gasteiger partial charge in [0, 0.05) is 6.04 Å². The van der Waals surface area contributed by atoms with Gasteiger partial charge in [0.25, 0.3) is 0 Å². The lowest BCUT2D eigenvalue weighted by molar-refractivity contribution is 0.412. The minimum atomic E-state index is 0.191. The van der Waals surface area contributed by atoms with Crippen LogP contribution in [0, 0.1) is 29.1 Å². The third kappa shape index (κ3) is 3.40. The van der Waals surface area contributed by atoms with Crippen molar-refractivity contribution >= 4 is 0 Å². The Hall–Kier alpha value is -0.990. The Labute approximate surface area is 86.7 Å². The van der Waals surface area contributed by atoms with Crippen LogP contribution >= 0.6 is 0 Å². The molecule has 2 unspecified atom stereocenters. The summed E-state index contributed by atoms with van der Waals surface area (Å²) in [5.74, 6) is 6.04. The number of nitrogens with one attached hydrogen (secondary N) is 1. The molecule has 0 aliphatic heterocycles. The van der Waals surface area contributed by atoms with Gasteiger partial charge in [-0.15, -0.1) is 5.92 Å². The molecule has 1 rings (SSSR count). The molecular formula is C12H18N2. The standard InChI is InChI=1S/C12H18N2/c1-2-3-9-14-12-8-6-4-5-7-11(12)10-13/h11-12,14H,4-9H2,1H3. The molecule has 2 heteroatoms.